The Morgan fingerprint density at radius 2 is 2.00 bits per heavy atom. The number of terminal acetylenes is 1. The number of halogens is 4. The maximum absolute atomic E-state index is 14.2. The molecule has 0 saturated heterocycles. The highest BCUT2D eigenvalue weighted by Gasteiger charge is 2.22. The van der Waals surface area contributed by atoms with E-state index in [9.17, 15) is 13.6 Å². The third-order valence-corrected chi connectivity index (χ3v) is 3.79. The summed E-state index contributed by atoms with van der Waals surface area (Å²) in [6.45, 7) is 0. The minimum Gasteiger partial charge on any atom is -0.351 e. The molecule has 0 aliphatic carbocycles. The van der Waals surface area contributed by atoms with Gasteiger partial charge in [0.05, 0.1) is 26.4 Å². The van der Waals surface area contributed by atoms with Crippen molar-refractivity contribution in [1.82, 2.24) is 5.48 Å². The fraction of sp³-hybridized carbons (Fsp3) is 0. The van der Waals surface area contributed by atoms with Crippen molar-refractivity contribution in [3.8, 4) is 12.3 Å². The normalized spacial score (nSPS) is 10.1. The van der Waals surface area contributed by atoms with Gasteiger partial charge < -0.3 is 5.32 Å². The molecule has 2 aromatic carbocycles. The van der Waals surface area contributed by atoms with Crippen molar-refractivity contribution >= 4 is 44.8 Å². The van der Waals surface area contributed by atoms with E-state index in [1.807, 2.05) is 0 Å². The van der Waals surface area contributed by atoms with Gasteiger partial charge in [0, 0.05) is 5.56 Å². The molecule has 118 valence electrons. The van der Waals surface area contributed by atoms with Crippen LogP contribution in [0.25, 0.3) is 0 Å². The Morgan fingerprint density at radius 1 is 1.30 bits per heavy atom. The number of hydrogen-bond donors (Lipinski definition) is 3. The van der Waals surface area contributed by atoms with Gasteiger partial charge in [-0.3, -0.25) is 10.0 Å². The van der Waals surface area contributed by atoms with Crippen LogP contribution in [-0.2, 0) is 0 Å². The molecule has 0 saturated carbocycles. The van der Waals surface area contributed by atoms with Crippen molar-refractivity contribution in [1.29, 1.82) is 0 Å². The maximum atomic E-state index is 14.2. The lowest BCUT2D eigenvalue weighted by Gasteiger charge is -2.14. The highest BCUT2D eigenvalue weighted by molar-refractivity contribution is 9.10. The van der Waals surface area contributed by atoms with Gasteiger partial charge in [0.15, 0.2) is 11.6 Å². The summed E-state index contributed by atoms with van der Waals surface area (Å²) in [5, 5.41) is 11.4. The van der Waals surface area contributed by atoms with Crippen LogP contribution in [0.1, 0.15) is 15.9 Å². The second-order valence-corrected chi connectivity index (χ2v) is 5.58. The molecule has 4 nitrogen and oxygen atoms in total. The molecule has 0 heterocycles. The quantitative estimate of drug-likeness (QED) is 0.312. The van der Waals surface area contributed by atoms with Gasteiger partial charge in [0.2, 0.25) is 0 Å². The second kappa shape index (κ2) is 6.96. The van der Waals surface area contributed by atoms with E-state index in [0.717, 1.165) is 6.07 Å². The highest BCUT2D eigenvalue weighted by atomic mass is 79.9. The SMILES string of the molecule is C#Cc1ccc(Nc2c(C(=O)NO)cc(Br)c(F)c2F)c(Cl)c1. The molecule has 0 aromatic heterocycles. The highest BCUT2D eigenvalue weighted by Crippen LogP contribution is 2.33. The molecular formula is C15H8BrClF2N2O2. The van der Waals surface area contributed by atoms with Crippen LogP contribution in [0.2, 0.25) is 5.02 Å². The fourth-order valence-corrected chi connectivity index (χ4v) is 2.43. The van der Waals surface area contributed by atoms with Crippen molar-refractivity contribution in [2.24, 2.45) is 0 Å². The van der Waals surface area contributed by atoms with E-state index < -0.39 is 23.2 Å². The number of hydroxylamine groups is 1. The summed E-state index contributed by atoms with van der Waals surface area (Å²) in [6, 6.07) is 5.46. The van der Waals surface area contributed by atoms with E-state index in [1.54, 1.807) is 0 Å². The number of anilines is 2. The average molecular weight is 402 g/mol. The first-order chi connectivity index (χ1) is 10.9. The predicted octanol–water partition coefficient (Wildman–Crippen LogP) is 4.22. The van der Waals surface area contributed by atoms with Crippen LogP contribution >= 0.6 is 27.5 Å². The maximum Gasteiger partial charge on any atom is 0.276 e. The Morgan fingerprint density at radius 3 is 2.57 bits per heavy atom. The summed E-state index contributed by atoms with van der Waals surface area (Å²) in [4.78, 5) is 11.7. The monoisotopic (exact) mass is 400 g/mol. The van der Waals surface area contributed by atoms with Crippen LogP contribution in [-0.4, -0.2) is 11.1 Å². The summed E-state index contributed by atoms with van der Waals surface area (Å²) in [6.07, 6.45) is 5.24. The van der Waals surface area contributed by atoms with E-state index in [1.165, 1.54) is 23.7 Å². The van der Waals surface area contributed by atoms with Gasteiger partial charge in [-0.1, -0.05) is 17.5 Å². The summed E-state index contributed by atoms with van der Waals surface area (Å²) in [5.41, 5.74) is 1.27. The fourth-order valence-electron chi connectivity index (χ4n) is 1.80. The molecule has 0 aliphatic heterocycles. The number of carbonyl (C=O) groups excluding carboxylic acids is 1. The summed E-state index contributed by atoms with van der Waals surface area (Å²) >= 11 is 8.81. The van der Waals surface area contributed by atoms with Crippen LogP contribution in [0, 0.1) is 24.0 Å². The van der Waals surface area contributed by atoms with Crippen molar-refractivity contribution in [2.75, 3.05) is 5.32 Å². The van der Waals surface area contributed by atoms with Gasteiger partial charge >= 0.3 is 0 Å². The number of amides is 1. The van der Waals surface area contributed by atoms with Crippen LogP contribution < -0.4 is 10.8 Å². The van der Waals surface area contributed by atoms with Crippen molar-refractivity contribution in [3.63, 3.8) is 0 Å². The number of rotatable bonds is 3. The van der Waals surface area contributed by atoms with Gasteiger partial charge in [-0.25, -0.2) is 14.3 Å². The third kappa shape index (κ3) is 3.45. The third-order valence-electron chi connectivity index (χ3n) is 2.90. The Labute approximate surface area is 143 Å². The van der Waals surface area contributed by atoms with E-state index in [4.69, 9.17) is 23.2 Å². The molecule has 23 heavy (non-hydrogen) atoms. The largest absolute Gasteiger partial charge is 0.351 e. The molecule has 0 atom stereocenters. The molecular weight excluding hydrogens is 394 g/mol. The van der Waals surface area contributed by atoms with Crippen molar-refractivity contribution in [3.05, 3.63) is 56.5 Å². The van der Waals surface area contributed by atoms with Crippen LogP contribution in [0.15, 0.2) is 28.7 Å². The number of benzene rings is 2. The summed E-state index contributed by atoms with van der Waals surface area (Å²) in [7, 11) is 0. The molecule has 0 bridgehead atoms. The van der Waals surface area contributed by atoms with Gasteiger partial charge in [-0.15, -0.1) is 6.42 Å². The lowest BCUT2D eigenvalue weighted by Crippen LogP contribution is -2.21. The van der Waals surface area contributed by atoms with Crippen LogP contribution in [0.4, 0.5) is 20.2 Å². The predicted molar refractivity (Wildman–Crippen MR) is 86.0 cm³/mol. The molecule has 0 aliphatic rings. The molecule has 1 amide bonds. The molecule has 2 aromatic rings. The summed E-state index contributed by atoms with van der Waals surface area (Å²) < 4.78 is 27.7. The lowest BCUT2D eigenvalue weighted by molar-refractivity contribution is 0.0706. The van der Waals surface area contributed by atoms with E-state index in [-0.39, 0.29) is 20.7 Å². The Kier molecular flexibility index (Phi) is 5.21. The van der Waals surface area contributed by atoms with Gasteiger partial charge in [-0.05, 0) is 40.2 Å². The molecule has 0 unspecified atom stereocenters. The Hall–Kier alpha value is -2.14. The van der Waals surface area contributed by atoms with E-state index in [0.29, 0.717) is 5.56 Å². The molecule has 8 heteroatoms. The Balaban J connectivity index is 2.57. The van der Waals surface area contributed by atoms with Gasteiger partial charge in [0.25, 0.3) is 5.91 Å². The van der Waals surface area contributed by atoms with Crippen LogP contribution in [0.3, 0.4) is 0 Å². The Bertz CT molecular complexity index is 837. The molecule has 2 rings (SSSR count). The second-order valence-electron chi connectivity index (χ2n) is 4.31. The first-order valence-electron chi connectivity index (χ1n) is 6.04. The standard InChI is InChI=1S/C15H8BrClF2N2O2/c1-2-7-3-4-11(10(17)5-7)20-14-8(15(22)21-23)6-9(16)12(18)13(14)19/h1,3-6,20,23H,(H,21,22). The zero-order valence-electron chi connectivity index (χ0n) is 11.3. The van der Waals surface area contributed by atoms with Crippen molar-refractivity contribution in [2.45, 2.75) is 0 Å². The van der Waals surface area contributed by atoms with E-state index >= 15 is 0 Å². The number of nitrogens with one attached hydrogen (secondary N) is 2. The number of hydrogen-bond acceptors (Lipinski definition) is 3. The smallest absolute Gasteiger partial charge is 0.276 e. The van der Waals surface area contributed by atoms with Crippen molar-refractivity contribution < 1.29 is 18.8 Å². The van der Waals surface area contributed by atoms with Gasteiger partial charge in [-0.2, -0.15) is 0 Å². The van der Waals surface area contributed by atoms with Crippen LogP contribution in [0.5, 0.6) is 0 Å². The number of carbonyl (C=O) groups is 1. The summed E-state index contributed by atoms with van der Waals surface area (Å²) in [5.74, 6) is -1.15. The molecule has 3 N–H and O–H groups in total. The molecule has 0 fully saturated rings. The minimum absolute atomic E-state index is 0.151. The molecule has 0 radical (unpaired) electrons. The first kappa shape index (κ1) is 17.2. The molecule has 0 spiro atoms. The van der Waals surface area contributed by atoms with E-state index in [2.05, 4.69) is 27.2 Å². The zero-order chi connectivity index (χ0) is 17.1. The first-order valence-corrected chi connectivity index (χ1v) is 7.21. The van der Waals surface area contributed by atoms with Gasteiger partial charge in [0.1, 0.15) is 0 Å². The average Bonchev–Trinajstić information content (AvgIpc) is 2.55. The lowest BCUT2D eigenvalue weighted by atomic mass is 10.1. The minimum atomic E-state index is -1.31. The topological polar surface area (TPSA) is 61.4 Å². The zero-order valence-corrected chi connectivity index (χ0v) is 13.6.